The molecule has 1 atom stereocenters. The lowest BCUT2D eigenvalue weighted by Crippen LogP contribution is -2.13. The van der Waals surface area contributed by atoms with Crippen molar-refractivity contribution in [3.8, 4) is 11.5 Å². The second-order valence-corrected chi connectivity index (χ2v) is 5.86. The maximum Gasteiger partial charge on any atom is 0.161 e. The predicted octanol–water partition coefficient (Wildman–Crippen LogP) is 3.80. The number of benzene rings is 2. The monoisotopic (exact) mass is 303 g/mol. The van der Waals surface area contributed by atoms with Crippen molar-refractivity contribution in [1.29, 1.82) is 0 Å². The molecule has 21 heavy (non-hydrogen) atoms. The Balaban J connectivity index is 2.06. The Morgan fingerprint density at radius 1 is 1.05 bits per heavy atom. The van der Waals surface area contributed by atoms with Gasteiger partial charge in [0.1, 0.15) is 0 Å². The van der Waals surface area contributed by atoms with Gasteiger partial charge in [0.25, 0.3) is 0 Å². The Morgan fingerprint density at radius 3 is 2.43 bits per heavy atom. The standard InChI is InChI=1S/C17H21NO2S/c1-12-6-4-5-7-17(12)21-11-14(18)13-8-9-15(19-2)16(10-13)20-3/h4-10,14H,11,18H2,1-3H3. The first-order valence-electron chi connectivity index (χ1n) is 6.81. The van der Waals surface area contributed by atoms with Gasteiger partial charge in [-0.2, -0.15) is 0 Å². The molecule has 4 heteroatoms. The van der Waals surface area contributed by atoms with Gasteiger partial charge in [-0.3, -0.25) is 0 Å². The zero-order chi connectivity index (χ0) is 15.2. The van der Waals surface area contributed by atoms with Crippen LogP contribution in [0.15, 0.2) is 47.4 Å². The van der Waals surface area contributed by atoms with Crippen LogP contribution in [-0.4, -0.2) is 20.0 Å². The van der Waals surface area contributed by atoms with E-state index in [0.29, 0.717) is 5.75 Å². The molecule has 0 aromatic heterocycles. The Labute approximate surface area is 130 Å². The van der Waals surface area contributed by atoms with E-state index in [1.165, 1.54) is 10.5 Å². The van der Waals surface area contributed by atoms with Gasteiger partial charge in [0, 0.05) is 16.7 Å². The predicted molar refractivity (Wildman–Crippen MR) is 88.4 cm³/mol. The van der Waals surface area contributed by atoms with Crippen LogP contribution in [0.4, 0.5) is 0 Å². The van der Waals surface area contributed by atoms with Crippen molar-refractivity contribution in [3.05, 3.63) is 53.6 Å². The van der Waals surface area contributed by atoms with E-state index in [1.54, 1.807) is 26.0 Å². The van der Waals surface area contributed by atoms with E-state index in [-0.39, 0.29) is 6.04 Å². The van der Waals surface area contributed by atoms with Crippen LogP contribution >= 0.6 is 11.8 Å². The summed E-state index contributed by atoms with van der Waals surface area (Å²) in [4.78, 5) is 1.27. The third-order valence-corrected chi connectivity index (χ3v) is 4.64. The van der Waals surface area contributed by atoms with Crippen molar-refractivity contribution in [2.75, 3.05) is 20.0 Å². The molecule has 0 heterocycles. The minimum atomic E-state index is -0.0468. The van der Waals surface area contributed by atoms with Crippen molar-refractivity contribution < 1.29 is 9.47 Å². The number of thioether (sulfide) groups is 1. The molecule has 2 N–H and O–H groups in total. The number of ether oxygens (including phenoxy) is 2. The maximum absolute atomic E-state index is 6.29. The highest BCUT2D eigenvalue weighted by Gasteiger charge is 2.11. The van der Waals surface area contributed by atoms with Gasteiger partial charge in [0.2, 0.25) is 0 Å². The highest BCUT2D eigenvalue weighted by molar-refractivity contribution is 7.99. The van der Waals surface area contributed by atoms with Crippen LogP contribution in [-0.2, 0) is 0 Å². The lowest BCUT2D eigenvalue weighted by atomic mass is 10.1. The SMILES string of the molecule is COc1ccc(C(N)CSc2ccccc2C)cc1OC. The Kier molecular flexibility index (Phi) is 5.53. The Hall–Kier alpha value is -1.65. The molecule has 2 aromatic rings. The van der Waals surface area contributed by atoms with E-state index in [4.69, 9.17) is 15.2 Å². The summed E-state index contributed by atoms with van der Waals surface area (Å²) in [5, 5.41) is 0. The smallest absolute Gasteiger partial charge is 0.161 e. The first-order valence-corrected chi connectivity index (χ1v) is 7.80. The van der Waals surface area contributed by atoms with E-state index < -0.39 is 0 Å². The molecule has 112 valence electrons. The van der Waals surface area contributed by atoms with Crippen molar-refractivity contribution in [2.24, 2.45) is 5.73 Å². The topological polar surface area (TPSA) is 44.5 Å². The minimum absolute atomic E-state index is 0.0468. The van der Waals surface area contributed by atoms with Gasteiger partial charge >= 0.3 is 0 Å². The Morgan fingerprint density at radius 2 is 1.76 bits per heavy atom. The minimum Gasteiger partial charge on any atom is -0.493 e. The largest absolute Gasteiger partial charge is 0.493 e. The molecule has 0 fully saturated rings. The number of nitrogens with two attached hydrogens (primary N) is 1. The van der Waals surface area contributed by atoms with Crippen molar-refractivity contribution in [2.45, 2.75) is 17.9 Å². The lowest BCUT2D eigenvalue weighted by Gasteiger charge is -2.15. The molecular formula is C17H21NO2S. The first kappa shape index (κ1) is 15.7. The van der Waals surface area contributed by atoms with Crippen molar-refractivity contribution in [3.63, 3.8) is 0 Å². The van der Waals surface area contributed by atoms with E-state index >= 15 is 0 Å². The average Bonchev–Trinajstić information content (AvgIpc) is 2.53. The zero-order valence-electron chi connectivity index (χ0n) is 12.6. The summed E-state index contributed by atoms with van der Waals surface area (Å²) >= 11 is 1.78. The van der Waals surface area contributed by atoms with Crippen molar-refractivity contribution in [1.82, 2.24) is 0 Å². The summed E-state index contributed by atoms with van der Waals surface area (Å²) < 4.78 is 10.6. The van der Waals surface area contributed by atoms with E-state index in [2.05, 4.69) is 25.1 Å². The normalized spacial score (nSPS) is 12.0. The number of rotatable bonds is 6. The second kappa shape index (κ2) is 7.38. The summed E-state index contributed by atoms with van der Waals surface area (Å²) in [6.07, 6.45) is 0. The van der Waals surface area contributed by atoms with Crippen molar-refractivity contribution >= 4 is 11.8 Å². The molecule has 0 bridgehead atoms. The quantitative estimate of drug-likeness (QED) is 0.824. The fourth-order valence-corrected chi connectivity index (χ4v) is 3.10. The third-order valence-electron chi connectivity index (χ3n) is 3.35. The highest BCUT2D eigenvalue weighted by Crippen LogP contribution is 2.31. The molecular weight excluding hydrogens is 282 g/mol. The molecule has 2 aromatic carbocycles. The molecule has 2 rings (SSSR count). The molecule has 0 aliphatic carbocycles. The lowest BCUT2D eigenvalue weighted by molar-refractivity contribution is 0.354. The molecule has 3 nitrogen and oxygen atoms in total. The summed E-state index contributed by atoms with van der Waals surface area (Å²) in [5.41, 5.74) is 8.62. The highest BCUT2D eigenvalue weighted by atomic mass is 32.2. The summed E-state index contributed by atoms with van der Waals surface area (Å²) in [5.74, 6) is 2.26. The maximum atomic E-state index is 6.29. The van der Waals surface area contributed by atoms with Gasteiger partial charge in [-0.15, -0.1) is 11.8 Å². The molecule has 0 saturated heterocycles. The number of hydrogen-bond donors (Lipinski definition) is 1. The number of aryl methyl sites for hydroxylation is 1. The van der Waals surface area contributed by atoms with Crippen LogP contribution in [0.2, 0.25) is 0 Å². The molecule has 0 radical (unpaired) electrons. The van der Waals surface area contributed by atoms with E-state index in [0.717, 1.165) is 17.1 Å². The van der Waals surface area contributed by atoms with Gasteiger partial charge < -0.3 is 15.2 Å². The van der Waals surface area contributed by atoms with Crippen LogP contribution in [0, 0.1) is 6.92 Å². The summed E-state index contributed by atoms with van der Waals surface area (Å²) in [7, 11) is 3.26. The van der Waals surface area contributed by atoms with Gasteiger partial charge in [-0.25, -0.2) is 0 Å². The fourth-order valence-electron chi connectivity index (χ4n) is 2.08. The molecule has 0 aliphatic heterocycles. The second-order valence-electron chi connectivity index (χ2n) is 4.80. The van der Waals surface area contributed by atoms with Gasteiger partial charge in [0.15, 0.2) is 11.5 Å². The van der Waals surface area contributed by atoms with Gasteiger partial charge in [-0.1, -0.05) is 24.3 Å². The Bertz CT molecular complexity index is 601. The molecule has 0 spiro atoms. The third kappa shape index (κ3) is 3.93. The first-order chi connectivity index (χ1) is 10.2. The molecule has 0 saturated carbocycles. The van der Waals surface area contributed by atoms with Crippen LogP contribution in [0.3, 0.4) is 0 Å². The summed E-state index contributed by atoms with van der Waals surface area (Å²) in [6.45, 7) is 2.12. The molecule has 0 aliphatic rings. The van der Waals surface area contributed by atoms with Crippen LogP contribution in [0.1, 0.15) is 17.2 Å². The van der Waals surface area contributed by atoms with Crippen LogP contribution in [0.5, 0.6) is 11.5 Å². The average molecular weight is 303 g/mol. The van der Waals surface area contributed by atoms with Gasteiger partial charge in [-0.05, 0) is 36.2 Å². The number of hydrogen-bond acceptors (Lipinski definition) is 4. The molecule has 1 unspecified atom stereocenters. The van der Waals surface area contributed by atoms with Crippen LogP contribution < -0.4 is 15.2 Å². The summed E-state index contributed by atoms with van der Waals surface area (Å²) in [6, 6.07) is 14.1. The van der Waals surface area contributed by atoms with E-state index in [1.807, 2.05) is 24.3 Å². The fraction of sp³-hybridized carbons (Fsp3) is 0.294. The van der Waals surface area contributed by atoms with E-state index in [9.17, 15) is 0 Å². The molecule has 0 amide bonds. The van der Waals surface area contributed by atoms with Gasteiger partial charge in [0.05, 0.1) is 14.2 Å². The van der Waals surface area contributed by atoms with Crippen LogP contribution in [0.25, 0.3) is 0 Å². The number of methoxy groups -OCH3 is 2. The zero-order valence-corrected chi connectivity index (χ0v) is 13.4.